The van der Waals surface area contributed by atoms with Crippen LogP contribution in [0.25, 0.3) is 0 Å². The van der Waals surface area contributed by atoms with Gasteiger partial charge in [0.05, 0.1) is 6.61 Å². The summed E-state index contributed by atoms with van der Waals surface area (Å²) in [6.45, 7) is 2.67. The average molecular weight is 333 g/mol. The number of carbonyl (C=O) groups is 3. The summed E-state index contributed by atoms with van der Waals surface area (Å²) in [4.78, 5) is 37.2. The molecule has 0 bridgehead atoms. The van der Waals surface area contributed by atoms with Gasteiger partial charge in [-0.1, -0.05) is 30.3 Å². The minimum atomic E-state index is -0.823. The number of hydrogen-bond acceptors (Lipinski definition) is 5. The number of β-lactam (4-membered cyclic amide) rings is 1. The number of carbonyl (C=O) groups excluding carboxylic acids is 3. The number of nitrogens with zero attached hydrogens (tertiary/aromatic N) is 1. The van der Waals surface area contributed by atoms with E-state index in [-0.39, 0.29) is 12.5 Å². The van der Waals surface area contributed by atoms with Gasteiger partial charge in [0, 0.05) is 6.54 Å². The minimum Gasteiger partial charge on any atom is -0.445 e. The molecule has 2 heterocycles. The second-order valence-electron chi connectivity index (χ2n) is 5.71. The van der Waals surface area contributed by atoms with Gasteiger partial charge in [-0.25, -0.2) is 4.79 Å². The molecule has 24 heavy (non-hydrogen) atoms. The van der Waals surface area contributed by atoms with Gasteiger partial charge in [0.1, 0.15) is 12.6 Å². The standard InChI is InChI=1S/C16H19N3O5/c1-10(17-16(22)24-9-11-5-3-2-4-6-11)13(20)18-12-14(21)19-7-8-23-15(12)19/h2-6,10,12,15H,7-9H2,1H3,(H,17,22)(H,18,20)/t10-,12+,15+/m0/s1. The molecule has 0 spiro atoms. The van der Waals surface area contributed by atoms with Crippen LogP contribution < -0.4 is 10.6 Å². The van der Waals surface area contributed by atoms with Crippen LogP contribution in [0.2, 0.25) is 0 Å². The molecule has 3 amide bonds. The number of nitrogens with one attached hydrogen (secondary N) is 2. The number of rotatable bonds is 5. The Hall–Kier alpha value is -2.61. The van der Waals surface area contributed by atoms with Crippen LogP contribution >= 0.6 is 0 Å². The summed E-state index contributed by atoms with van der Waals surface area (Å²) in [5.74, 6) is -0.620. The molecule has 0 unspecified atom stereocenters. The van der Waals surface area contributed by atoms with Crippen LogP contribution in [0.15, 0.2) is 30.3 Å². The summed E-state index contributed by atoms with van der Waals surface area (Å²) in [5.41, 5.74) is 0.850. The van der Waals surface area contributed by atoms with E-state index in [1.165, 1.54) is 6.92 Å². The third-order valence-electron chi connectivity index (χ3n) is 4.00. The molecule has 0 aliphatic carbocycles. The van der Waals surface area contributed by atoms with E-state index in [1.54, 1.807) is 4.90 Å². The molecular formula is C16H19N3O5. The van der Waals surface area contributed by atoms with Crippen LogP contribution in [0, 0.1) is 0 Å². The van der Waals surface area contributed by atoms with Crippen LogP contribution in [-0.4, -0.2) is 54.3 Å². The van der Waals surface area contributed by atoms with Crippen LogP contribution in [-0.2, 0) is 25.7 Å². The molecule has 2 aliphatic heterocycles. The first-order valence-corrected chi connectivity index (χ1v) is 7.76. The Labute approximate surface area is 139 Å². The number of benzene rings is 1. The topological polar surface area (TPSA) is 97.0 Å². The first-order chi connectivity index (χ1) is 11.6. The highest BCUT2D eigenvalue weighted by atomic mass is 16.5. The molecule has 2 saturated heterocycles. The normalized spacial score (nSPS) is 23.0. The number of fused-ring (bicyclic) bond motifs is 1. The molecule has 8 nitrogen and oxygen atoms in total. The fourth-order valence-corrected chi connectivity index (χ4v) is 2.64. The van der Waals surface area contributed by atoms with Gasteiger partial charge >= 0.3 is 6.09 Å². The van der Waals surface area contributed by atoms with E-state index in [0.717, 1.165) is 5.56 Å². The minimum absolute atomic E-state index is 0.118. The Balaban J connectivity index is 1.42. The highest BCUT2D eigenvalue weighted by Crippen LogP contribution is 2.25. The van der Waals surface area contributed by atoms with Crippen LogP contribution in [0.3, 0.4) is 0 Å². The smallest absolute Gasteiger partial charge is 0.408 e. The Bertz CT molecular complexity index is 636. The number of amides is 3. The summed E-state index contributed by atoms with van der Waals surface area (Å²) < 4.78 is 10.4. The van der Waals surface area contributed by atoms with Crippen molar-refractivity contribution in [2.24, 2.45) is 0 Å². The Morgan fingerprint density at radius 2 is 2.12 bits per heavy atom. The molecule has 3 rings (SSSR count). The first kappa shape index (κ1) is 16.3. The van der Waals surface area contributed by atoms with Gasteiger partial charge in [-0.15, -0.1) is 0 Å². The van der Waals surface area contributed by atoms with Crippen molar-refractivity contribution in [3.05, 3.63) is 35.9 Å². The second kappa shape index (κ2) is 6.88. The van der Waals surface area contributed by atoms with Crippen LogP contribution in [0.1, 0.15) is 12.5 Å². The molecule has 3 atom stereocenters. The number of alkyl carbamates (subject to hydrolysis) is 1. The quantitative estimate of drug-likeness (QED) is 0.739. The lowest BCUT2D eigenvalue weighted by Crippen LogP contribution is -2.69. The van der Waals surface area contributed by atoms with E-state index < -0.39 is 30.3 Å². The molecule has 8 heteroatoms. The molecule has 1 aromatic carbocycles. The lowest BCUT2D eigenvalue weighted by molar-refractivity contribution is -0.165. The predicted molar refractivity (Wildman–Crippen MR) is 82.6 cm³/mol. The van der Waals surface area contributed by atoms with E-state index in [9.17, 15) is 14.4 Å². The fourth-order valence-electron chi connectivity index (χ4n) is 2.64. The van der Waals surface area contributed by atoms with E-state index >= 15 is 0 Å². The lowest BCUT2D eigenvalue weighted by atomic mass is 10.1. The highest BCUT2D eigenvalue weighted by molar-refractivity contribution is 5.95. The van der Waals surface area contributed by atoms with Gasteiger partial charge in [-0.05, 0) is 12.5 Å². The molecule has 1 aromatic rings. The number of ether oxygens (including phenoxy) is 2. The van der Waals surface area contributed by atoms with Crippen molar-refractivity contribution in [1.82, 2.24) is 15.5 Å². The van der Waals surface area contributed by atoms with Crippen molar-refractivity contribution in [3.8, 4) is 0 Å². The van der Waals surface area contributed by atoms with Crippen molar-refractivity contribution in [1.29, 1.82) is 0 Å². The third kappa shape index (κ3) is 3.33. The molecule has 2 aliphatic rings. The van der Waals surface area contributed by atoms with Gasteiger partial charge in [-0.3, -0.25) is 9.59 Å². The number of hydrogen-bond donors (Lipinski definition) is 2. The maximum Gasteiger partial charge on any atom is 0.408 e. The van der Waals surface area contributed by atoms with Gasteiger partial charge in [0.25, 0.3) is 5.91 Å². The monoisotopic (exact) mass is 333 g/mol. The van der Waals surface area contributed by atoms with E-state index in [1.807, 2.05) is 30.3 Å². The molecule has 2 N–H and O–H groups in total. The summed E-state index contributed by atoms with van der Waals surface area (Å²) in [7, 11) is 0. The zero-order valence-electron chi connectivity index (χ0n) is 13.2. The molecule has 0 radical (unpaired) electrons. The Morgan fingerprint density at radius 1 is 1.38 bits per heavy atom. The van der Waals surface area contributed by atoms with E-state index in [2.05, 4.69) is 10.6 Å². The van der Waals surface area contributed by atoms with E-state index in [4.69, 9.17) is 9.47 Å². The summed E-state index contributed by atoms with van der Waals surface area (Å²) in [6, 6.07) is 7.72. The highest BCUT2D eigenvalue weighted by Gasteiger charge is 2.52. The molecule has 0 aromatic heterocycles. The zero-order valence-corrected chi connectivity index (χ0v) is 13.2. The SMILES string of the molecule is C[C@H](NC(=O)OCc1ccccc1)C(=O)N[C@@H]1C(=O)N2CCO[C@H]12. The average Bonchev–Trinajstić information content (AvgIpc) is 3.03. The largest absolute Gasteiger partial charge is 0.445 e. The van der Waals surface area contributed by atoms with Gasteiger partial charge in [0.15, 0.2) is 12.3 Å². The third-order valence-corrected chi connectivity index (χ3v) is 4.00. The van der Waals surface area contributed by atoms with Crippen LogP contribution in [0.4, 0.5) is 4.79 Å². The summed E-state index contributed by atoms with van der Waals surface area (Å²) in [6.07, 6.45) is -1.08. The lowest BCUT2D eigenvalue weighted by Gasteiger charge is -2.41. The molecule has 128 valence electrons. The van der Waals surface area contributed by atoms with Crippen molar-refractivity contribution in [3.63, 3.8) is 0 Å². The summed E-state index contributed by atoms with van der Waals surface area (Å²) in [5, 5.41) is 5.03. The van der Waals surface area contributed by atoms with Gasteiger partial charge < -0.3 is 25.0 Å². The fraction of sp³-hybridized carbons (Fsp3) is 0.438. The van der Waals surface area contributed by atoms with Crippen molar-refractivity contribution >= 4 is 17.9 Å². The predicted octanol–water partition coefficient (Wildman–Crippen LogP) is -0.0154. The maximum absolute atomic E-state index is 12.1. The molecule has 0 saturated carbocycles. The second-order valence-corrected chi connectivity index (χ2v) is 5.71. The first-order valence-electron chi connectivity index (χ1n) is 7.76. The van der Waals surface area contributed by atoms with Gasteiger partial charge in [-0.2, -0.15) is 0 Å². The molecule has 2 fully saturated rings. The van der Waals surface area contributed by atoms with E-state index in [0.29, 0.717) is 13.2 Å². The van der Waals surface area contributed by atoms with Crippen molar-refractivity contribution < 1.29 is 23.9 Å². The van der Waals surface area contributed by atoms with Crippen molar-refractivity contribution in [2.45, 2.75) is 31.8 Å². The van der Waals surface area contributed by atoms with Crippen LogP contribution in [0.5, 0.6) is 0 Å². The summed E-state index contributed by atoms with van der Waals surface area (Å²) >= 11 is 0. The van der Waals surface area contributed by atoms with Crippen molar-refractivity contribution in [2.75, 3.05) is 13.2 Å². The Morgan fingerprint density at radius 3 is 2.88 bits per heavy atom. The van der Waals surface area contributed by atoms with Gasteiger partial charge in [0.2, 0.25) is 5.91 Å². The Kier molecular flexibility index (Phi) is 4.66. The zero-order chi connectivity index (χ0) is 17.1. The maximum atomic E-state index is 12.1. The molecular weight excluding hydrogens is 314 g/mol.